The van der Waals surface area contributed by atoms with Gasteiger partial charge in [-0.05, 0) is 23.8 Å². The molecule has 92 valence electrons. The molecule has 0 atom stereocenters. The lowest BCUT2D eigenvalue weighted by Gasteiger charge is -2.05. The van der Waals surface area contributed by atoms with Crippen molar-refractivity contribution in [3.63, 3.8) is 0 Å². The highest BCUT2D eigenvalue weighted by atomic mass is 16.5. The number of rotatable bonds is 3. The minimum atomic E-state index is 0.315. The highest BCUT2D eigenvalue weighted by Crippen LogP contribution is 2.24. The molecule has 1 heterocycles. The summed E-state index contributed by atoms with van der Waals surface area (Å²) in [5.41, 5.74) is 1.82. The summed E-state index contributed by atoms with van der Waals surface area (Å²) in [5, 5.41) is 9.66. The smallest absolute Gasteiger partial charge is 0.204 e. The van der Waals surface area contributed by atoms with Gasteiger partial charge in [0.1, 0.15) is 24.0 Å². The lowest BCUT2D eigenvalue weighted by atomic mass is 10.2. The van der Waals surface area contributed by atoms with Crippen LogP contribution in [0.15, 0.2) is 59.0 Å². The second kappa shape index (κ2) is 4.87. The van der Waals surface area contributed by atoms with Gasteiger partial charge < -0.3 is 9.15 Å². The van der Waals surface area contributed by atoms with Crippen molar-refractivity contribution in [1.29, 1.82) is 5.26 Å². The average molecular weight is 249 g/mol. The standard InChI is InChI=1S/C16H11NO2/c17-10-15-9-13-8-14(6-7-16(13)19-15)18-11-12-4-2-1-3-5-12/h1-9H,11H2. The van der Waals surface area contributed by atoms with E-state index in [9.17, 15) is 0 Å². The molecular weight excluding hydrogens is 238 g/mol. The Morgan fingerprint density at radius 3 is 2.68 bits per heavy atom. The minimum Gasteiger partial charge on any atom is -0.489 e. The molecule has 0 radical (unpaired) electrons. The molecular formula is C16H11NO2. The van der Waals surface area contributed by atoms with E-state index in [1.807, 2.05) is 54.6 Å². The van der Waals surface area contributed by atoms with E-state index >= 15 is 0 Å². The third kappa shape index (κ3) is 2.43. The zero-order valence-electron chi connectivity index (χ0n) is 10.2. The van der Waals surface area contributed by atoms with Gasteiger partial charge >= 0.3 is 0 Å². The molecule has 0 amide bonds. The Morgan fingerprint density at radius 2 is 1.89 bits per heavy atom. The van der Waals surface area contributed by atoms with Crippen molar-refractivity contribution in [2.75, 3.05) is 0 Å². The number of ether oxygens (including phenoxy) is 1. The summed E-state index contributed by atoms with van der Waals surface area (Å²) in [7, 11) is 0. The first-order valence-electron chi connectivity index (χ1n) is 5.95. The highest BCUT2D eigenvalue weighted by Gasteiger charge is 2.04. The van der Waals surface area contributed by atoms with Crippen molar-refractivity contribution in [2.45, 2.75) is 6.61 Å². The van der Waals surface area contributed by atoms with Crippen LogP contribution in [0.4, 0.5) is 0 Å². The van der Waals surface area contributed by atoms with Crippen molar-refractivity contribution in [3.8, 4) is 11.8 Å². The molecule has 0 aliphatic carbocycles. The van der Waals surface area contributed by atoms with Gasteiger partial charge in [-0.2, -0.15) is 5.26 Å². The third-order valence-corrected chi connectivity index (χ3v) is 2.85. The maximum atomic E-state index is 8.78. The number of hydrogen-bond donors (Lipinski definition) is 0. The van der Waals surface area contributed by atoms with Gasteiger partial charge in [-0.3, -0.25) is 0 Å². The Morgan fingerprint density at radius 1 is 1.05 bits per heavy atom. The molecule has 3 aromatic rings. The van der Waals surface area contributed by atoms with Gasteiger partial charge in [0.25, 0.3) is 0 Å². The van der Waals surface area contributed by atoms with Crippen LogP contribution in [0.1, 0.15) is 11.3 Å². The molecule has 0 bridgehead atoms. The van der Waals surface area contributed by atoms with Gasteiger partial charge in [0, 0.05) is 11.5 Å². The first-order valence-corrected chi connectivity index (χ1v) is 5.95. The average Bonchev–Trinajstić information content (AvgIpc) is 2.88. The van der Waals surface area contributed by atoms with Gasteiger partial charge in [-0.25, -0.2) is 0 Å². The monoisotopic (exact) mass is 249 g/mol. The first kappa shape index (κ1) is 11.4. The van der Waals surface area contributed by atoms with E-state index in [-0.39, 0.29) is 0 Å². The number of hydrogen-bond acceptors (Lipinski definition) is 3. The number of fused-ring (bicyclic) bond motifs is 1. The van der Waals surface area contributed by atoms with Gasteiger partial charge in [0.05, 0.1) is 0 Å². The van der Waals surface area contributed by atoms with Crippen LogP contribution >= 0.6 is 0 Å². The summed E-state index contributed by atoms with van der Waals surface area (Å²) in [4.78, 5) is 0. The number of furan rings is 1. The van der Waals surface area contributed by atoms with Crippen molar-refractivity contribution in [1.82, 2.24) is 0 Å². The minimum absolute atomic E-state index is 0.315. The molecule has 0 spiro atoms. The SMILES string of the molecule is N#Cc1cc2cc(OCc3ccccc3)ccc2o1. The predicted molar refractivity (Wildman–Crippen MR) is 71.7 cm³/mol. The van der Waals surface area contributed by atoms with E-state index < -0.39 is 0 Å². The molecule has 1 aromatic heterocycles. The molecule has 3 rings (SSSR count). The quantitative estimate of drug-likeness (QED) is 0.707. The summed E-state index contributed by atoms with van der Waals surface area (Å²) >= 11 is 0. The van der Waals surface area contributed by atoms with Crippen LogP contribution in [0.5, 0.6) is 5.75 Å². The Hall–Kier alpha value is -2.73. The van der Waals surface area contributed by atoms with Crippen LogP contribution in [-0.4, -0.2) is 0 Å². The third-order valence-electron chi connectivity index (χ3n) is 2.85. The fourth-order valence-electron chi connectivity index (χ4n) is 1.91. The first-order chi connectivity index (χ1) is 9.35. The molecule has 0 fully saturated rings. The second-order valence-electron chi connectivity index (χ2n) is 4.20. The van der Waals surface area contributed by atoms with Crippen LogP contribution in [0.3, 0.4) is 0 Å². The largest absolute Gasteiger partial charge is 0.489 e. The molecule has 19 heavy (non-hydrogen) atoms. The van der Waals surface area contributed by atoms with E-state index in [1.165, 1.54) is 0 Å². The molecule has 3 heteroatoms. The lowest BCUT2D eigenvalue weighted by Crippen LogP contribution is -1.94. The molecule has 2 aromatic carbocycles. The molecule has 0 saturated carbocycles. The summed E-state index contributed by atoms with van der Waals surface area (Å²) in [6.45, 7) is 0.523. The Bertz CT molecular complexity index is 738. The van der Waals surface area contributed by atoms with Gasteiger partial charge in [0.2, 0.25) is 5.76 Å². The molecule has 3 nitrogen and oxygen atoms in total. The fourth-order valence-corrected chi connectivity index (χ4v) is 1.91. The molecule has 0 saturated heterocycles. The summed E-state index contributed by atoms with van der Waals surface area (Å²) in [5.74, 6) is 1.08. The van der Waals surface area contributed by atoms with Gasteiger partial charge in [-0.1, -0.05) is 30.3 Å². The Balaban J connectivity index is 1.80. The zero-order chi connectivity index (χ0) is 13.1. The van der Waals surface area contributed by atoms with Crippen LogP contribution in [0.25, 0.3) is 11.0 Å². The van der Waals surface area contributed by atoms with Crippen LogP contribution < -0.4 is 4.74 Å². The van der Waals surface area contributed by atoms with Crippen LogP contribution in [0, 0.1) is 11.3 Å². The molecule has 0 aliphatic rings. The van der Waals surface area contributed by atoms with Gasteiger partial charge in [0.15, 0.2) is 0 Å². The number of nitrogens with zero attached hydrogens (tertiary/aromatic N) is 1. The lowest BCUT2D eigenvalue weighted by molar-refractivity contribution is 0.306. The number of benzene rings is 2. The van der Waals surface area contributed by atoms with Crippen LogP contribution in [0.2, 0.25) is 0 Å². The predicted octanol–water partition coefficient (Wildman–Crippen LogP) is 3.88. The van der Waals surface area contributed by atoms with E-state index in [2.05, 4.69) is 0 Å². The molecule has 0 unspecified atom stereocenters. The second-order valence-corrected chi connectivity index (χ2v) is 4.20. The summed E-state index contributed by atoms with van der Waals surface area (Å²) < 4.78 is 11.0. The zero-order valence-corrected chi connectivity index (χ0v) is 10.2. The number of nitriles is 1. The highest BCUT2D eigenvalue weighted by molar-refractivity contribution is 5.80. The van der Waals surface area contributed by atoms with Crippen LogP contribution in [-0.2, 0) is 6.61 Å². The van der Waals surface area contributed by atoms with Gasteiger partial charge in [-0.15, -0.1) is 0 Å². The maximum absolute atomic E-state index is 8.78. The topological polar surface area (TPSA) is 46.2 Å². The van der Waals surface area contributed by atoms with Crippen molar-refractivity contribution >= 4 is 11.0 Å². The normalized spacial score (nSPS) is 10.3. The maximum Gasteiger partial charge on any atom is 0.204 e. The van der Waals surface area contributed by atoms with E-state index in [0.29, 0.717) is 18.0 Å². The van der Waals surface area contributed by atoms with Crippen molar-refractivity contribution < 1.29 is 9.15 Å². The molecule has 0 N–H and O–H groups in total. The van der Waals surface area contributed by atoms with E-state index in [4.69, 9.17) is 14.4 Å². The Kier molecular flexibility index (Phi) is 2.91. The Labute approximate surface area is 110 Å². The summed E-state index contributed by atoms with van der Waals surface area (Å²) in [6, 6.07) is 19.2. The van der Waals surface area contributed by atoms with E-state index in [0.717, 1.165) is 16.7 Å². The fraction of sp³-hybridized carbons (Fsp3) is 0.0625. The van der Waals surface area contributed by atoms with Crippen molar-refractivity contribution in [3.05, 3.63) is 65.9 Å². The summed E-state index contributed by atoms with van der Waals surface area (Å²) in [6.07, 6.45) is 0. The van der Waals surface area contributed by atoms with E-state index in [1.54, 1.807) is 6.07 Å². The molecule has 0 aliphatic heterocycles. The van der Waals surface area contributed by atoms with Crippen molar-refractivity contribution in [2.24, 2.45) is 0 Å².